The van der Waals surface area contributed by atoms with Gasteiger partial charge in [0.1, 0.15) is 19.6 Å². The molecule has 0 aliphatic heterocycles. The van der Waals surface area contributed by atoms with Crippen LogP contribution in [0.5, 0.6) is 0 Å². The number of amides is 3. The van der Waals surface area contributed by atoms with E-state index in [0.717, 1.165) is 30.6 Å². The van der Waals surface area contributed by atoms with E-state index in [9.17, 15) is 19.2 Å². The first kappa shape index (κ1) is 21.8. The maximum absolute atomic E-state index is 12.0. The van der Waals surface area contributed by atoms with E-state index >= 15 is 0 Å². The van der Waals surface area contributed by atoms with Crippen LogP contribution in [0.4, 0.5) is 4.79 Å². The van der Waals surface area contributed by atoms with Gasteiger partial charge in [0, 0.05) is 0 Å². The number of nitrogens with zero attached hydrogens (tertiary/aromatic N) is 1. The van der Waals surface area contributed by atoms with Crippen molar-refractivity contribution in [3.63, 3.8) is 0 Å². The van der Waals surface area contributed by atoms with E-state index in [1.807, 2.05) is 0 Å². The number of hydrogen-bond donors (Lipinski definition) is 2. The Morgan fingerprint density at radius 2 is 1.75 bits per heavy atom. The Kier molecular flexibility index (Phi) is 12.1. The van der Waals surface area contributed by atoms with E-state index in [1.54, 1.807) is 7.05 Å². The second-order valence-corrected chi connectivity index (χ2v) is 5.13. The number of carbonyl (C=O) groups excluding carboxylic acids is 4. The monoisotopic (exact) mass is 346 g/mol. The third-order valence-electron chi connectivity index (χ3n) is 3.15. The van der Waals surface area contributed by atoms with E-state index in [4.69, 9.17) is 4.74 Å². The van der Waals surface area contributed by atoms with Gasteiger partial charge in [-0.15, -0.1) is 0 Å². The van der Waals surface area contributed by atoms with Gasteiger partial charge in [0.2, 0.25) is 0 Å². The van der Waals surface area contributed by atoms with Gasteiger partial charge >= 0.3 is 23.9 Å². The number of likely N-dealkylation sites (N-methyl/N-ethyl adjacent to an activating group) is 1. The van der Waals surface area contributed by atoms with Crippen molar-refractivity contribution < 1.29 is 34.0 Å². The zero-order valence-electron chi connectivity index (χ0n) is 14.6. The minimum atomic E-state index is -0.710. The molecule has 0 aliphatic rings. The molecule has 0 saturated carbocycles. The third kappa shape index (κ3) is 10.5. The molecule has 0 heterocycles. The number of urea groups is 1. The minimum Gasteiger partial charge on any atom is -0.468 e. The summed E-state index contributed by atoms with van der Waals surface area (Å²) >= 11 is 0. The summed E-state index contributed by atoms with van der Waals surface area (Å²) in [5, 5.41) is 3.59. The number of quaternary nitrogens is 1. The van der Waals surface area contributed by atoms with Crippen LogP contribution in [0, 0.1) is 0 Å². The standard InChI is InChI=1S/C15H27N3O6/c1-4-5-6-7-8-24-14(21)11-18(10-12(19)16-2)15(22)17-9-13(20)23-3/h4-11H2,1-3H3,(H,16,19)(H,17,22)/p+1. The highest BCUT2D eigenvalue weighted by atomic mass is 16.5. The van der Waals surface area contributed by atoms with Crippen LogP contribution in [0.3, 0.4) is 0 Å². The van der Waals surface area contributed by atoms with E-state index in [2.05, 4.69) is 17.0 Å². The van der Waals surface area contributed by atoms with Crippen LogP contribution in [0.15, 0.2) is 0 Å². The van der Waals surface area contributed by atoms with Gasteiger partial charge in [-0.2, -0.15) is 0 Å². The van der Waals surface area contributed by atoms with Crippen molar-refractivity contribution in [2.24, 2.45) is 0 Å². The molecular formula is C15H28N3O6+. The molecule has 0 rings (SSSR count). The number of carbonyl (C=O) groups is 4. The molecule has 0 aliphatic carbocycles. The third-order valence-corrected chi connectivity index (χ3v) is 3.15. The van der Waals surface area contributed by atoms with Crippen molar-refractivity contribution in [3.05, 3.63) is 0 Å². The highest BCUT2D eigenvalue weighted by Crippen LogP contribution is 2.00. The van der Waals surface area contributed by atoms with Crippen LogP contribution in [0.1, 0.15) is 32.6 Å². The Labute approximate surface area is 142 Å². The molecule has 0 aromatic heterocycles. The first-order chi connectivity index (χ1) is 11.4. The molecular weight excluding hydrogens is 318 g/mol. The number of methoxy groups -OCH3 is 1. The van der Waals surface area contributed by atoms with Crippen LogP contribution in [-0.2, 0) is 23.9 Å². The van der Waals surface area contributed by atoms with Gasteiger partial charge in [0.15, 0.2) is 0 Å². The molecule has 0 radical (unpaired) electrons. The van der Waals surface area contributed by atoms with Crippen molar-refractivity contribution in [1.29, 1.82) is 0 Å². The van der Waals surface area contributed by atoms with Gasteiger partial charge in [-0.3, -0.25) is 14.9 Å². The molecule has 0 unspecified atom stereocenters. The Hall–Kier alpha value is -2.16. The highest BCUT2D eigenvalue weighted by Gasteiger charge is 2.22. The first-order valence-electron chi connectivity index (χ1n) is 8.02. The summed E-state index contributed by atoms with van der Waals surface area (Å²) in [6.45, 7) is 1.39. The number of rotatable bonds is 11. The lowest BCUT2D eigenvalue weighted by atomic mass is 10.2. The first-order valence-corrected chi connectivity index (χ1v) is 8.02. The van der Waals surface area contributed by atoms with E-state index in [-0.39, 0.29) is 32.1 Å². The Bertz CT molecular complexity index is 427. The summed E-state index contributed by atoms with van der Waals surface area (Å²) in [6.07, 6.45) is 3.88. The van der Waals surface area contributed by atoms with Crippen molar-refractivity contribution in [2.45, 2.75) is 32.6 Å². The predicted octanol–water partition coefficient (Wildman–Crippen LogP) is -0.986. The molecule has 9 heteroatoms. The summed E-state index contributed by atoms with van der Waals surface area (Å²) in [6, 6.07) is -0.710. The number of esters is 2. The number of primary amides is 1. The lowest BCUT2D eigenvalue weighted by Gasteiger charge is -2.20. The van der Waals surface area contributed by atoms with Gasteiger partial charge < -0.3 is 19.7 Å². The normalized spacial score (nSPS) is 9.96. The van der Waals surface area contributed by atoms with Gasteiger partial charge in [-0.05, 0) is 6.42 Å². The van der Waals surface area contributed by atoms with E-state index in [0.29, 0.717) is 0 Å². The number of nitrogens with one attached hydrogen (secondary N) is 1. The Morgan fingerprint density at radius 1 is 1.04 bits per heavy atom. The molecule has 0 spiro atoms. The fraction of sp³-hybridized carbons (Fsp3) is 0.733. The number of ether oxygens (including phenoxy) is 2. The Morgan fingerprint density at radius 3 is 2.33 bits per heavy atom. The summed E-state index contributed by atoms with van der Waals surface area (Å²) in [4.78, 5) is 47.4. The lowest BCUT2D eigenvalue weighted by molar-refractivity contribution is -0.538. The van der Waals surface area contributed by atoms with Crippen molar-refractivity contribution in [3.8, 4) is 0 Å². The van der Waals surface area contributed by atoms with Crippen LogP contribution < -0.4 is 10.6 Å². The topological polar surface area (TPSA) is 119 Å². The maximum atomic E-state index is 12.0. The number of hydrogen-bond acceptors (Lipinski definition) is 6. The molecule has 3 N–H and O–H groups in total. The van der Waals surface area contributed by atoms with Gasteiger partial charge in [-0.25, -0.2) is 9.59 Å². The molecule has 0 aromatic carbocycles. The summed E-state index contributed by atoms with van der Waals surface area (Å²) in [5.74, 6) is -1.54. The van der Waals surface area contributed by atoms with E-state index < -0.39 is 18.0 Å². The number of nitrogens with two attached hydrogens (primary N) is 1. The number of unbranched alkanes of at least 4 members (excludes halogenated alkanes) is 3. The zero-order valence-corrected chi connectivity index (χ0v) is 14.6. The SMILES string of the molecule is CCCCCCOC(=O)CN(CC(=O)[NH2+]C)C(=O)NCC(=O)OC. The second kappa shape index (κ2) is 13.3. The van der Waals surface area contributed by atoms with Crippen molar-refractivity contribution in [1.82, 2.24) is 10.2 Å². The zero-order chi connectivity index (χ0) is 18.4. The Balaban J connectivity index is 4.43. The summed E-state index contributed by atoms with van der Waals surface area (Å²) < 4.78 is 9.47. The summed E-state index contributed by atoms with van der Waals surface area (Å²) in [5.41, 5.74) is 0. The second-order valence-electron chi connectivity index (χ2n) is 5.13. The quantitative estimate of drug-likeness (QED) is 0.366. The molecule has 0 saturated heterocycles. The fourth-order valence-electron chi connectivity index (χ4n) is 1.73. The minimum absolute atomic E-state index is 0.269. The van der Waals surface area contributed by atoms with Gasteiger partial charge in [0.25, 0.3) is 0 Å². The smallest absolute Gasteiger partial charge is 0.329 e. The molecule has 0 fully saturated rings. The molecule has 9 nitrogen and oxygen atoms in total. The van der Waals surface area contributed by atoms with Crippen LogP contribution >= 0.6 is 0 Å². The van der Waals surface area contributed by atoms with Crippen LogP contribution in [-0.4, -0.2) is 69.2 Å². The predicted molar refractivity (Wildman–Crippen MR) is 84.9 cm³/mol. The van der Waals surface area contributed by atoms with Crippen LogP contribution in [0.2, 0.25) is 0 Å². The molecule has 0 aromatic rings. The van der Waals surface area contributed by atoms with Crippen LogP contribution in [0.25, 0.3) is 0 Å². The summed E-state index contributed by atoms with van der Waals surface area (Å²) in [7, 11) is 2.73. The maximum Gasteiger partial charge on any atom is 0.329 e. The van der Waals surface area contributed by atoms with E-state index in [1.165, 1.54) is 12.4 Å². The molecule has 0 atom stereocenters. The highest BCUT2D eigenvalue weighted by molar-refractivity contribution is 5.86. The molecule has 24 heavy (non-hydrogen) atoms. The molecule has 138 valence electrons. The molecule has 0 bridgehead atoms. The van der Waals surface area contributed by atoms with Crippen molar-refractivity contribution >= 4 is 23.9 Å². The van der Waals surface area contributed by atoms with Gasteiger partial charge in [-0.1, -0.05) is 26.2 Å². The lowest BCUT2D eigenvalue weighted by Crippen LogP contribution is -2.86. The van der Waals surface area contributed by atoms with Gasteiger partial charge in [0.05, 0.1) is 20.8 Å². The average molecular weight is 346 g/mol. The molecule has 3 amide bonds. The average Bonchev–Trinajstić information content (AvgIpc) is 2.58. The van der Waals surface area contributed by atoms with Crippen molar-refractivity contribution in [2.75, 3.05) is 40.4 Å². The largest absolute Gasteiger partial charge is 0.468 e. The fourth-order valence-corrected chi connectivity index (χ4v) is 1.73.